The molecule has 1 fully saturated rings. The van der Waals surface area contributed by atoms with Crippen LogP contribution in [0.25, 0.3) is 10.9 Å². The van der Waals surface area contributed by atoms with Crippen LogP contribution in [0.15, 0.2) is 36.5 Å². The van der Waals surface area contributed by atoms with E-state index in [4.69, 9.17) is 5.73 Å². The molecule has 110 valence electrons. The lowest BCUT2D eigenvalue weighted by atomic mass is 9.96. The van der Waals surface area contributed by atoms with Gasteiger partial charge >= 0.3 is 0 Å². The van der Waals surface area contributed by atoms with Gasteiger partial charge in [-0.1, -0.05) is 18.2 Å². The van der Waals surface area contributed by atoms with Crippen molar-refractivity contribution < 1.29 is 0 Å². The Morgan fingerprint density at radius 2 is 1.80 bits per heavy atom. The molecular formula is C15H21Cl2N3. The first-order chi connectivity index (χ1) is 8.88. The fraction of sp³-hybridized carbons (Fsp3) is 0.400. The van der Waals surface area contributed by atoms with Gasteiger partial charge in [0, 0.05) is 30.4 Å². The second-order valence-corrected chi connectivity index (χ2v) is 5.01. The normalized spacial score (nSPS) is 15.6. The van der Waals surface area contributed by atoms with Crippen LogP contribution in [0.3, 0.4) is 0 Å². The van der Waals surface area contributed by atoms with E-state index in [0.29, 0.717) is 5.92 Å². The molecule has 0 spiro atoms. The van der Waals surface area contributed by atoms with Crippen molar-refractivity contribution >= 4 is 41.4 Å². The average molecular weight is 314 g/mol. The highest BCUT2D eigenvalue weighted by atomic mass is 35.5. The number of rotatable bonds is 2. The SMILES string of the molecule is Cl.Cl.NCC1CCN(c2ccnc3ccccc23)CC1. The highest BCUT2D eigenvalue weighted by Gasteiger charge is 2.19. The number of fused-ring (bicyclic) bond motifs is 1. The molecule has 1 aliphatic heterocycles. The Bertz CT molecular complexity index is 534. The Morgan fingerprint density at radius 1 is 1.10 bits per heavy atom. The molecule has 2 N–H and O–H groups in total. The molecule has 0 radical (unpaired) electrons. The second-order valence-electron chi connectivity index (χ2n) is 5.01. The monoisotopic (exact) mass is 313 g/mol. The van der Waals surface area contributed by atoms with Crippen LogP contribution >= 0.6 is 24.8 Å². The Kier molecular flexibility index (Phi) is 6.53. The van der Waals surface area contributed by atoms with Crippen molar-refractivity contribution in [2.24, 2.45) is 11.7 Å². The van der Waals surface area contributed by atoms with Crippen LogP contribution in [0, 0.1) is 5.92 Å². The van der Waals surface area contributed by atoms with Crippen LogP contribution in [0.1, 0.15) is 12.8 Å². The van der Waals surface area contributed by atoms with Crippen LogP contribution in [0.2, 0.25) is 0 Å². The molecule has 0 amide bonds. The maximum Gasteiger partial charge on any atom is 0.0722 e. The first-order valence-corrected chi connectivity index (χ1v) is 6.67. The molecule has 1 aliphatic rings. The highest BCUT2D eigenvalue weighted by Crippen LogP contribution is 2.28. The number of para-hydroxylation sites is 1. The molecular weight excluding hydrogens is 293 g/mol. The van der Waals surface area contributed by atoms with Gasteiger partial charge in [-0.2, -0.15) is 0 Å². The van der Waals surface area contributed by atoms with Crippen molar-refractivity contribution in [1.82, 2.24) is 4.98 Å². The lowest BCUT2D eigenvalue weighted by Gasteiger charge is -2.33. The number of halogens is 2. The fourth-order valence-electron chi connectivity index (χ4n) is 2.77. The summed E-state index contributed by atoms with van der Waals surface area (Å²) >= 11 is 0. The fourth-order valence-corrected chi connectivity index (χ4v) is 2.77. The van der Waals surface area contributed by atoms with E-state index in [1.165, 1.54) is 23.9 Å². The summed E-state index contributed by atoms with van der Waals surface area (Å²) in [6, 6.07) is 10.5. The minimum absolute atomic E-state index is 0. The lowest BCUT2D eigenvalue weighted by Crippen LogP contribution is -2.36. The Hall–Kier alpha value is -1.03. The minimum Gasteiger partial charge on any atom is -0.371 e. The topological polar surface area (TPSA) is 42.1 Å². The summed E-state index contributed by atoms with van der Waals surface area (Å²) in [5.41, 5.74) is 8.14. The zero-order valence-electron chi connectivity index (χ0n) is 11.4. The first-order valence-electron chi connectivity index (χ1n) is 6.67. The van der Waals surface area contributed by atoms with Gasteiger partial charge in [-0.3, -0.25) is 4.98 Å². The molecule has 2 heterocycles. The van der Waals surface area contributed by atoms with Crippen molar-refractivity contribution in [3.05, 3.63) is 36.5 Å². The zero-order valence-corrected chi connectivity index (χ0v) is 13.0. The van der Waals surface area contributed by atoms with E-state index < -0.39 is 0 Å². The third-order valence-electron chi connectivity index (χ3n) is 3.91. The molecule has 3 nitrogen and oxygen atoms in total. The summed E-state index contributed by atoms with van der Waals surface area (Å²) in [7, 11) is 0. The minimum atomic E-state index is 0. The van der Waals surface area contributed by atoms with Gasteiger partial charge in [0.25, 0.3) is 0 Å². The van der Waals surface area contributed by atoms with Gasteiger partial charge in [0.2, 0.25) is 0 Å². The van der Waals surface area contributed by atoms with Gasteiger partial charge in [0.15, 0.2) is 0 Å². The number of hydrogen-bond acceptors (Lipinski definition) is 3. The third-order valence-corrected chi connectivity index (χ3v) is 3.91. The van der Waals surface area contributed by atoms with Gasteiger partial charge in [0.05, 0.1) is 5.52 Å². The van der Waals surface area contributed by atoms with E-state index in [2.05, 4.69) is 34.1 Å². The van der Waals surface area contributed by atoms with Crippen LogP contribution < -0.4 is 10.6 Å². The Labute approximate surface area is 132 Å². The maximum absolute atomic E-state index is 5.75. The molecule has 5 heteroatoms. The number of piperidine rings is 1. The smallest absolute Gasteiger partial charge is 0.0722 e. The molecule has 1 aromatic carbocycles. The van der Waals surface area contributed by atoms with E-state index in [9.17, 15) is 0 Å². The van der Waals surface area contributed by atoms with Crippen LogP contribution in [-0.4, -0.2) is 24.6 Å². The summed E-state index contributed by atoms with van der Waals surface area (Å²) in [5, 5.41) is 1.26. The number of nitrogens with two attached hydrogens (primary N) is 1. The largest absolute Gasteiger partial charge is 0.371 e. The summed E-state index contributed by atoms with van der Waals surface area (Å²) in [6.45, 7) is 3.04. The summed E-state index contributed by atoms with van der Waals surface area (Å²) in [5.74, 6) is 0.703. The van der Waals surface area contributed by atoms with Crippen molar-refractivity contribution in [3.8, 4) is 0 Å². The van der Waals surface area contributed by atoms with E-state index in [-0.39, 0.29) is 24.8 Å². The van der Waals surface area contributed by atoms with Crippen LogP contribution in [-0.2, 0) is 0 Å². The third kappa shape index (κ3) is 3.35. The van der Waals surface area contributed by atoms with Gasteiger partial charge in [-0.25, -0.2) is 0 Å². The van der Waals surface area contributed by atoms with Crippen molar-refractivity contribution in [3.63, 3.8) is 0 Å². The number of pyridine rings is 1. The average Bonchev–Trinajstić information content (AvgIpc) is 2.47. The molecule has 0 atom stereocenters. The Morgan fingerprint density at radius 3 is 2.50 bits per heavy atom. The molecule has 3 rings (SSSR count). The zero-order chi connectivity index (χ0) is 12.4. The van der Waals surface area contributed by atoms with E-state index in [1.54, 1.807) is 0 Å². The van der Waals surface area contributed by atoms with Gasteiger partial charge in [-0.05, 0) is 37.4 Å². The second kappa shape index (κ2) is 7.67. The number of nitrogens with zero attached hydrogens (tertiary/aromatic N) is 2. The van der Waals surface area contributed by atoms with Gasteiger partial charge in [0.1, 0.15) is 0 Å². The highest BCUT2D eigenvalue weighted by molar-refractivity contribution is 5.91. The van der Waals surface area contributed by atoms with E-state index in [0.717, 1.165) is 25.2 Å². The quantitative estimate of drug-likeness (QED) is 0.925. The van der Waals surface area contributed by atoms with Gasteiger partial charge in [-0.15, -0.1) is 24.8 Å². The molecule has 1 aromatic heterocycles. The molecule has 20 heavy (non-hydrogen) atoms. The molecule has 0 bridgehead atoms. The summed E-state index contributed by atoms with van der Waals surface area (Å²) < 4.78 is 0. The first kappa shape index (κ1) is 17.0. The number of benzene rings is 1. The number of aromatic nitrogens is 1. The summed E-state index contributed by atoms with van der Waals surface area (Å²) in [4.78, 5) is 6.89. The van der Waals surface area contributed by atoms with Crippen LogP contribution in [0.4, 0.5) is 5.69 Å². The van der Waals surface area contributed by atoms with Crippen LogP contribution in [0.5, 0.6) is 0 Å². The predicted octanol–water partition coefficient (Wildman–Crippen LogP) is 3.25. The number of hydrogen-bond donors (Lipinski definition) is 1. The Balaban J connectivity index is 0.000001000. The van der Waals surface area contributed by atoms with Crippen molar-refractivity contribution in [2.75, 3.05) is 24.5 Å². The standard InChI is InChI=1S/C15H19N3.2ClH/c16-11-12-6-9-18(10-7-12)15-5-8-17-14-4-2-1-3-13(14)15;;/h1-5,8,12H,6-7,9-11,16H2;2*1H. The van der Waals surface area contributed by atoms with E-state index >= 15 is 0 Å². The maximum atomic E-state index is 5.75. The number of anilines is 1. The molecule has 0 unspecified atom stereocenters. The van der Waals surface area contributed by atoms with Gasteiger partial charge < -0.3 is 10.6 Å². The lowest BCUT2D eigenvalue weighted by molar-refractivity contribution is 0.415. The molecule has 1 saturated heterocycles. The van der Waals surface area contributed by atoms with Crippen molar-refractivity contribution in [2.45, 2.75) is 12.8 Å². The van der Waals surface area contributed by atoms with Crippen molar-refractivity contribution in [1.29, 1.82) is 0 Å². The molecule has 0 aliphatic carbocycles. The predicted molar refractivity (Wildman–Crippen MR) is 90.2 cm³/mol. The molecule has 0 saturated carbocycles. The molecule has 2 aromatic rings. The summed E-state index contributed by atoms with van der Waals surface area (Å²) in [6.07, 6.45) is 4.31. The van der Waals surface area contributed by atoms with E-state index in [1.807, 2.05) is 12.3 Å².